The van der Waals surface area contributed by atoms with E-state index in [1.807, 2.05) is 20.9 Å². The summed E-state index contributed by atoms with van der Waals surface area (Å²) in [6, 6.07) is 1.47. The van der Waals surface area contributed by atoms with Crippen molar-refractivity contribution in [1.82, 2.24) is 25.6 Å². The van der Waals surface area contributed by atoms with E-state index in [4.69, 9.17) is 15.5 Å². The summed E-state index contributed by atoms with van der Waals surface area (Å²) < 4.78 is 20.8. The SMILES string of the molecule is CNC1CN(c2cc(F)c3c(n2)CCC(NC(=O)c2sc4nc(C)nc(C)c4c2N)C3)CC1OC. The fourth-order valence-electron chi connectivity index (χ4n) is 5.17. The second-order valence-corrected chi connectivity index (χ2v) is 10.3. The van der Waals surface area contributed by atoms with Gasteiger partial charge in [0.15, 0.2) is 0 Å². The zero-order valence-electron chi connectivity index (χ0n) is 20.3. The molecule has 3 aromatic heterocycles. The Hall–Kier alpha value is -2.89. The van der Waals surface area contributed by atoms with Crippen LogP contribution in [0, 0.1) is 19.7 Å². The van der Waals surface area contributed by atoms with Crippen molar-refractivity contribution in [2.45, 2.75) is 51.3 Å². The van der Waals surface area contributed by atoms with Crippen molar-refractivity contribution in [3.63, 3.8) is 0 Å². The number of nitrogen functional groups attached to an aromatic ring is 1. The maximum absolute atomic E-state index is 15.2. The van der Waals surface area contributed by atoms with Crippen LogP contribution < -0.4 is 21.3 Å². The number of anilines is 2. The summed E-state index contributed by atoms with van der Waals surface area (Å²) >= 11 is 1.26. The number of fused-ring (bicyclic) bond motifs is 2. The number of ether oxygens (including phenoxy) is 1. The Morgan fingerprint density at radius 3 is 2.80 bits per heavy atom. The van der Waals surface area contributed by atoms with Gasteiger partial charge in [0, 0.05) is 43.6 Å². The number of nitrogens with one attached hydrogen (secondary N) is 2. The lowest BCUT2D eigenvalue weighted by Gasteiger charge is -2.27. The third-order valence-corrected chi connectivity index (χ3v) is 8.11. The number of methoxy groups -OCH3 is 1. The highest BCUT2D eigenvalue weighted by Crippen LogP contribution is 2.34. The molecule has 4 heterocycles. The van der Waals surface area contributed by atoms with Crippen LogP contribution in [0.5, 0.6) is 0 Å². The van der Waals surface area contributed by atoms with Gasteiger partial charge in [-0.25, -0.2) is 19.3 Å². The maximum atomic E-state index is 15.2. The number of halogens is 1. The molecular formula is C24H30FN7O2S. The molecule has 1 fully saturated rings. The maximum Gasteiger partial charge on any atom is 0.263 e. The molecule has 186 valence electrons. The number of thiophene rings is 1. The minimum atomic E-state index is -0.284. The Balaban J connectivity index is 1.32. The first-order chi connectivity index (χ1) is 16.8. The average molecular weight is 500 g/mol. The summed E-state index contributed by atoms with van der Waals surface area (Å²) in [5, 5.41) is 7.03. The predicted molar refractivity (Wildman–Crippen MR) is 135 cm³/mol. The summed E-state index contributed by atoms with van der Waals surface area (Å²) in [6.07, 6.45) is 1.69. The van der Waals surface area contributed by atoms with E-state index in [2.05, 4.69) is 25.5 Å². The Morgan fingerprint density at radius 1 is 1.29 bits per heavy atom. The number of carbonyl (C=O) groups excluding carboxylic acids is 1. The average Bonchev–Trinajstić information content (AvgIpc) is 3.40. The molecule has 35 heavy (non-hydrogen) atoms. The highest BCUT2D eigenvalue weighted by atomic mass is 32.1. The van der Waals surface area contributed by atoms with Gasteiger partial charge < -0.3 is 26.0 Å². The molecule has 1 saturated heterocycles. The van der Waals surface area contributed by atoms with E-state index in [0.717, 1.165) is 16.8 Å². The quantitative estimate of drug-likeness (QED) is 0.489. The topological polar surface area (TPSA) is 118 Å². The van der Waals surface area contributed by atoms with E-state index in [1.165, 1.54) is 17.4 Å². The number of aryl methyl sites for hydroxylation is 3. The largest absolute Gasteiger partial charge is 0.397 e. The van der Waals surface area contributed by atoms with Crippen molar-refractivity contribution in [2.75, 3.05) is 37.9 Å². The Kier molecular flexibility index (Phi) is 6.32. The van der Waals surface area contributed by atoms with Crippen molar-refractivity contribution < 1.29 is 13.9 Å². The van der Waals surface area contributed by atoms with Gasteiger partial charge in [-0.3, -0.25) is 4.79 Å². The van der Waals surface area contributed by atoms with Crippen molar-refractivity contribution in [3.8, 4) is 0 Å². The van der Waals surface area contributed by atoms with Crippen LogP contribution in [0.4, 0.5) is 15.9 Å². The molecule has 0 radical (unpaired) electrons. The molecule has 3 unspecified atom stereocenters. The van der Waals surface area contributed by atoms with Gasteiger partial charge >= 0.3 is 0 Å². The Labute approximate surface area is 207 Å². The first kappa shape index (κ1) is 23.8. The number of carbonyl (C=O) groups is 1. The molecule has 1 aliphatic carbocycles. The van der Waals surface area contributed by atoms with Crippen LogP contribution in [-0.4, -0.2) is 66.3 Å². The molecule has 5 rings (SSSR count). The summed E-state index contributed by atoms with van der Waals surface area (Å²) in [6.45, 7) is 5.04. The number of nitrogens with zero attached hydrogens (tertiary/aromatic N) is 4. The highest BCUT2D eigenvalue weighted by Gasteiger charge is 2.34. The van der Waals surface area contributed by atoms with Crippen LogP contribution in [0.3, 0.4) is 0 Å². The normalized spacial score (nSPS) is 22.0. The highest BCUT2D eigenvalue weighted by molar-refractivity contribution is 7.21. The standard InChI is InChI=1S/C24H30FN7O2S/c1-11-20-21(26)22(35-24(20)29-12(2)28-11)23(33)30-13-5-6-16-14(7-13)15(25)8-19(31-16)32-9-17(27-3)18(10-32)34-4/h8,13,17-18,27H,5-7,9-10,26H2,1-4H3,(H,30,33). The van der Waals surface area contributed by atoms with Gasteiger partial charge in [-0.15, -0.1) is 11.3 Å². The van der Waals surface area contributed by atoms with Crippen molar-refractivity contribution in [3.05, 3.63) is 39.5 Å². The van der Waals surface area contributed by atoms with E-state index in [1.54, 1.807) is 7.11 Å². The molecule has 0 spiro atoms. The van der Waals surface area contributed by atoms with Crippen LogP contribution in [0.15, 0.2) is 6.07 Å². The molecule has 0 saturated carbocycles. The van der Waals surface area contributed by atoms with Crippen LogP contribution in [-0.2, 0) is 17.6 Å². The van der Waals surface area contributed by atoms with E-state index in [9.17, 15) is 4.79 Å². The van der Waals surface area contributed by atoms with E-state index < -0.39 is 0 Å². The van der Waals surface area contributed by atoms with Crippen LogP contribution in [0.2, 0.25) is 0 Å². The first-order valence-electron chi connectivity index (χ1n) is 11.8. The number of amides is 1. The molecule has 3 aromatic rings. The zero-order valence-corrected chi connectivity index (χ0v) is 21.1. The van der Waals surface area contributed by atoms with Gasteiger partial charge in [-0.05, 0) is 40.2 Å². The first-order valence-corrected chi connectivity index (χ1v) is 12.6. The predicted octanol–water partition coefficient (Wildman–Crippen LogP) is 2.13. The van der Waals surface area contributed by atoms with Gasteiger partial charge in [0.2, 0.25) is 0 Å². The number of likely N-dealkylation sites (N-methyl/N-ethyl adjacent to an activating group) is 1. The number of hydrogen-bond acceptors (Lipinski definition) is 9. The van der Waals surface area contributed by atoms with Gasteiger partial charge in [0.25, 0.3) is 5.91 Å². The second-order valence-electron chi connectivity index (χ2n) is 9.26. The Bertz CT molecular complexity index is 1280. The van der Waals surface area contributed by atoms with E-state index >= 15 is 4.39 Å². The molecule has 1 aliphatic heterocycles. The summed E-state index contributed by atoms with van der Waals surface area (Å²) in [5.74, 6) is 0.728. The molecule has 0 aromatic carbocycles. The summed E-state index contributed by atoms with van der Waals surface area (Å²) in [7, 11) is 3.59. The third kappa shape index (κ3) is 4.32. The zero-order chi connectivity index (χ0) is 24.9. The summed E-state index contributed by atoms with van der Waals surface area (Å²) in [5.41, 5.74) is 8.78. The summed E-state index contributed by atoms with van der Waals surface area (Å²) in [4.78, 5) is 29.8. The molecular weight excluding hydrogens is 469 g/mol. The Morgan fingerprint density at radius 2 is 2.09 bits per heavy atom. The van der Waals surface area contributed by atoms with Crippen LogP contribution in [0.1, 0.15) is 38.9 Å². The van der Waals surface area contributed by atoms with Gasteiger partial charge in [-0.1, -0.05) is 0 Å². The van der Waals surface area contributed by atoms with Crippen LogP contribution >= 0.6 is 11.3 Å². The lowest BCUT2D eigenvalue weighted by molar-refractivity contribution is 0.0938. The molecule has 4 N–H and O–H groups in total. The minimum Gasteiger partial charge on any atom is -0.397 e. The van der Waals surface area contributed by atoms with Gasteiger partial charge in [-0.2, -0.15) is 0 Å². The van der Waals surface area contributed by atoms with E-state index in [-0.39, 0.29) is 29.9 Å². The number of pyridine rings is 1. The number of rotatable bonds is 5. The van der Waals surface area contributed by atoms with Crippen molar-refractivity contribution in [2.24, 2.45) is 0 Å². The smallest absolute Gasteiger partial charge is 0.263 e. The monoisotopic (exact) mass is 499 g/mol. The van der Waals surface area contributed by atoms with Gasteiger partial charge in [0.05, 0.1) is 28.9 Å². The molecule has 9 nitrogen and oxygen atoms in total. The minimum absolute atomic E-state index is 0.0282. The number of aromatic nitrogens is 3. The third-order valence-electron chi connectivity index (χ3n) is 7.01. The van der Waals surface area contributed by atoms with Crippen molar-refractivity contribution in [1.29, 1.82) is 0 Å². The fourth-order valence-corrected chi connectivity index (χ4v) is 6.26. The molecule has 2 aliphatic rings. The molecule has 1 amide bonds. The van der Waals surface area contributed by atoms with Gasteiger partial charge in [0.1, 0.15) is 27.2 Å². The fraction of sp³-hybridized carbons (Fsp3) is 0.500. The van der Waals surface area contributed by atoms with E-state index in [0.29, 0.717) is 65.0 Å². The number of nitrogens with two attached hydrogens (primary N) is 1. The lowest BCUT2D eigenvalue weighted by Crippen LogP contribution is -2.39. The van der Waals surface area contributed by atoms with Crippen molar-refractivity contribution >= 4 is 39.0 Å². The second kappa shape index (κ2) is 9.29. The molecule has 0 bridgehead atoms. The number of hydrogen-bond donors (Lipinski definition) is 3. The van der Waals surface area contributed by atoms with Crippen LogP contribution in [0.25, 0.3) is 10.2 Å². The molecule has 3 atom stereocenters. The molecule has 11 heteroatoms. The lowest BCUT2D eigenvalue weighted by atomic mass is 9.91.